The van der Waals surface area contributed by atoms with Gasteiger partial charge in [0.05, 0.1) is 17.8 Å². The number of rotatable bonds is 8. The van der Waals surface area contributed by atoms with Crippen LogP contribution in [0, 0.1) is 0 Å². The van der Waals surface area contributed by atoms with Crippen LogP contribution in [-0.4, -0.2) is 82.8 Å². The number of nitrogens with zero attached hydrogens (tertiary/aromatic N) is 2. The number of carbonyl (C=O) groups is 1. The molecule has 0 fully saturated rings. The summed E-state index contributed by atoms with van der Waals surface area (Å²) >= 11 is 6.09. The summed E-state index contributed by atoms with van der Waals surface area (Å²) in [5.41, 5.74) is 3.37. The SMILES string of the molecule is CN(C)c1ccc(/C=N\NC(=O)[C@H](O)[C@H](O)[C@H](O)[C@H](O)CO)c(Cl)c1. The molecule has 1 rings (SSSR count). The van der Waals surface area contributed by atoms with Gasteiger partial charge in [-0.25, -0.2) is 5.43 Å². The fourth-order valence-electron chi connectivity index (χ4n) is 1.81. The molecule has 0 unspecified atom stereocenters. The van der Waals surface area contributed by atoms with Gasteiger partial charge >= 0.3 is 0 Å². The maximum atomic E-state index is 11.7. The van der Waals surface area contributed by atoms with Crippen LogP contribution in [0.4, 0.5) is 5.69 Å². The van der Waals surface area contributed by atoms with Crippen molar-refractivity contribution in [3.05, 3.63) is 28.8 Å². The molecule has 0 heterocycles. The third-order valence-electron chi connectivity index (χ3n) is 3.40. The topological polar surface area (TPSA) is 146 Å². The van der Waals surface area contributed by atoms with Crippen molar-refractivity contribution in [1.82, 2.24) is 5.43 Å². The lowest BCUT2D eigenvalue weighted by Gasteiger charge is -2.24. The van der Waals surface area contributed by atoms with Crippen molar-refractivity contribution in [2.45, 2.75) is 24.4 Å². The first-order valence-corrected chi connectivity index (χ1v) is 7.69. The minimum absolute atomic E-state index is 0.395. The molecule has 0 aliphatic carbocycles. The summed E-state index contributed by atoms with van der Waals surface area (Å²) in [6.07, 6.45) is -6.41. The van der Waals surface area contributed by atoms with Gasteiger partial charge in [-0.15, -0.1) is 0 Å². The lowest BCUT2D eigenvalue weighted by molar-refractivity contribution is -0.148. The zero-order valence-corrected chi connectivity index (χ0v) is 14.5. The molecule has 0 aliphatic rings. The van der Waals surface area contributed by atoms with Gasteiger partial charge in [0.2, 0.25) is 0 Å². The number of aliphatic hydroxyl groups excluding tert-OH is 5. The number of aliphatic hydroxyl groups is 5. The number of hydrazone groups is 1. The molecule has 4 atom stereocenters. The largest absolute Gasteiger partial charge is 0.394 e. The van der Waals surface area contributed by atoms with Gasteiger partial charge in [-0.05, 0) is 18.2 Å². The van der Waals surface area contributed by atoms with Crippen molar-refractivity contribution in [1.29, 1.82) is 0 Å². The quantitative estimate of drug-likeness (QED) is 0.234. The smallest absolute Gasteiger partial charge is 0.271 e. The number of carbonyl (C=O) groups excluding carboxylic acids is 1. The Morgan fingerprint density at radius 3 is 2.44 bits per heavy atom. The molecular weight excluding hydrogens is 354 g/mol. The Balaban J connectivity index is 2.68. The summed E-state index contributed by atoms with van der Waals surface area (Å²) < 4.78 is 0. The van der Waals surface area contributed by atoms with Crippen LogP contribution < -0.4 is 10.3 Å². The maximum absolute atomic E-state index is 11.7. The number of halogens is 1. The highest BCUT2D eigenvalue weighted by Crippen LogP contribution is 2.21. The molecule has 0 spiro atoms. The summed E-state index contributed by atoms with van der Waals surface area (Å²) in [5, 5.41) is 50.6. The van der Waals surface area contributed by atoms with Crippen LogP contribution in [0.3, 0.4) is 0 Å². The van der Waals surface area contributed by atoms with Crippen LogP contribution in [0.1, 0.15) is 5.56 Å². The van der Waals surface area contributed by atoms with Gasteiger partial charge in [0.15, 0.2) is 6.10 Å². The minimum atomic E-state index is -2.06. The van der Waals surface area contributed by atoms with E-state index in [1.807, 2.05) is 24.4 Å². The van der Waals surface area contributed by atoms with E-state index in [2.05, 4.69) is 5.10 Å². The minimum Gasteiger partial charge on any atom is -0.394 e. The van der Waals surface area contributed by atoms with Crippen LogP contribution in [0.25, 0.3) is 0 Å². The van der Waals surface area contributed by atoms with Crippen molar-refractivity contribution < 1.29 is 30.3 Å². The molecule has 140 valence electrons. The Kier molecular flexibility index (Phi) is 8.23. The van der Waals surface area contributed by atoms with Gasteiger partial charge in [-0.1, -0.05) is 11.6 Å². The lowest BCUT2D eigenvalue weighted by Crippen LogP contribution is -2.50. The molecule has 0 bridgehead atoms. The summed E-state index contributed by atoms with van der Waals surface area (Å²) in [6.45, 7) is -0.841. The standard InChI is InChI=1S/C15H22ClN3O6/c1-19(2)9-4-3-8(10(16)5-9)6-17-18-15(25)14(24)13(23)12(22)11(21)7-20/h3-6,11-14,20-24H,7H2,1-2H3,(H,18,25)/b17-6-/t11-,12-,13-,14-/m1/s1. The average Bonchev–Trinajstić information content (AvgIpc) is 2.59. The summed E-state index contributed by atoms with van der Waals surface area (Å²) in [5.74, 6) is -1.10. The molecule has 0 saturated heterocycles. The fraction of sp³-hybridized carbons (Fsp3) is 0.467. The van der Waals surface area contributed by atoms with Crippen molar-refractivity contribution in [3.8, 4) is 0 Å². The first kappa shape index (κ1) is 21.3. The first-order chi connectivity index (χ1) is 11.7. The molecule has 25 heavy (non-hydrogen) atoms. The van der Waals surface area contributed by atoms with Crippen LogP contribution in [0.15, 0.2) is 23.3 Å². The van der Waals surface area contributed by atoms with E-state index in [9.17, 15) is 25.2 Å². The number of hydrogen-bond donors (Lipinski definition) is 6. The Bertz CT molecular complexity index is 613. The summed E-state index contributed by atoms with van der Waals surface area (Å²) in [4.78, 5) is 13.5. The second-order valence-corrected chi connectivity index (χ2v) is 5.92. The van der Waals surface area contributed by atoms with Gasteiger partial charge in [-0.3, -0.25) is 4.79 Å². The van der Waals surface area contributed by atoms with Gasteiger partial charge < -0.3 is 30.4 Å². The normalized spacial score (nSPS) is 16.3. The number of nitrogens with one attached hydrogen (secondary N) is 1. The molecule has 0 saturated carbocycles. The Hall–Kier alpha value is -1.75. The Morgan fingerprint density at radius 2 is 1.92 bits per heavy atom. The molecule has 6 N–H and O–H groups in total. The van der Waals surface area contributed by atoms with E-state index in [-0.39, 0.29) is 0 Å². The van der Waals surface area contributed by atoms with E-state index in [1.165, 1.54) is 6.21 Å². The fourth-order valence-corrected chi connectivity index (χ4v) is 2.03. The molecule has 1 amide bonds. The van der Waals surface area contributed by atoms with Crippen LogP contribution in [-0.2, 0) is 4.79 Å². The van der Waals surface area contributed by atoms with Crippen LogP contribution in [0.2, 0.25) is 5.02 Å². The van der Waals surface area contributed by atoms with E-state index in [0.29, 0.717) is 10.6 Å². The molecule has 1 aromatic rings. The second-order valence-electron chi connectivity index (χ2n) is 5.51. The highest BCUT2D eigenvalue weighted by molar-refractivity contribution is 6.33. The van der Waals surface area contributed by atoms with E-state index < -0.39 is 36.9 Å². The van der Waals surface area contributed by atoms with Crippen molar-refractivity contribution in [3.63, 3.8) is 0 Å². The molecule has 0 aliphatic heterocycles. The predicted octanol–water partition coefficient (Wildman–Crippen LogP) is -1.71. The van der Waals surface area contributed by atoms with E-state index in [1.54, 1.807) is 18.2 Å². The third-order valence-corrected chi connectivity index (χ3v) is 3.73. The lowest BCUT2D eigenvalue weighted by atomic mass is 10.0. The second kappa shape index (κ2) is 9.66. The van der Waals surface area contributed by atoms with Crippen molar-refractivity contribution in [2.24, 2.45) is 5.10 Å². The highest BCUT2D eigenvalue weighted by Gasteiger charge is 2.34. The Labute approximate surface area is 149 Å². The summed E-state index contributed by atoms with van der Waals surface area (Å²) in [6, 6.07) is 5.18. The zero-order valence-electron chi connectivity index (χ0n) is 13.7. The Morgan fingerprint density at radius 1 is 1.28 bits per heavy atom. The molecule has 0 aromatic heterocycles. The molecule has 10 heteroatoms. The van der Waals surface area contributed by atoms with Gasteiger partial charge in [0.25, 0.3) is 5.91 Å². The number of amides is 1. The molecule has 9 nitrogen and oxygen atoms in total. The molecule has 1 aromatic carbocycles. The average molecular weight is 376 g/mol. The van der Waals surface area contributed by atoms with Gasteiger partial charge in [0.1, 0.15) is 18.3 Å². The highest BCUT2D eigenvalue weighted by atomic mass is 35.5. The van der Waals surface area contributed by atoms with E-state index in [4.69, 9.17) is 16.7 Å². The number of anilines is 1. The monoisotopic (exact) mass is 375 g/mol. The van der Waals surface area contributed by atoms with Crippen LogP contribution in [0.5, 0.6) is 0 Å². The first-order valence-electron chi connectivity index (χ1n) is 7.32. The number of benzene rings is 1. The third kappa shape index (κ3) is 5.92. The zero-order chi connectivity index (χ0) is 19.1. The van der Waals surface area contributed by atoms with Gasteiger partial charge in [-0.2, -0.15) is 5.10 Å². The van der Waals surface area contributed by atoms with E-state index in [0.717, 1.165) is 5.69 Å². The number of hydrogen-bond acceptors (Lipinski definition) is 8. The summed E-state index contributed by atoms with van der Waals surface area (Å²) in [7, 11) is 3.71. The van der Waals surface area contributed by atoms with Crippen molar-refractivity contribution >= 4 is 29.4 Å². The van der Waals surface area contributed by atoms with Gasteiger partial charge in [0, 0.05) is 25.3 Å². The van der Waals surface area contributed by atoms with Crippen LogP contribution >= 0.6 is 11.6 Å². The van der Waals surface area contributed by atoms with Crippen molar-refractivity contribution in [2.75, 3.05) is 25.6 Å². The predicted molar refractivity (Wildman–Crippen MR) is 92.6 cm³/mol. The van der Waals surface area contributed by atoms with E-state index >= 15 is 0 Å². The molecular formula is C15H22ClN3O6. The molecule has 0 radical (unpaired) electrons. The maximum Gasteiger partial charge on any atom is 0.271 e.